The second-order valence-corrected chi connectivity index (χ2v) is 7.32. The first-order valence-corrected chi connectivity index (χ1v) is 7.76. The van der Waals surface area contributed by atoms with Crippen LogP contribution in [0.1, 0.15) is 49.2 Å². The summed E-state index contributed by atoms with van der Waals surface area (Å²) >= 11 is 1.46. The zero-order valence-corrected chi connectivity index (χ0v) is 12.3. The van der Waals surface area contributed by atoms with Gasteiger partial charge in [0.2, 0.25) is 0 Å². The molecule has 1 heterocycles. The van der Waals surface area contributed by atoms with Gasteiger partial charge in [-0.15, -0.1) is 11.3 Å². The third kappa shape index (κ3) is 2.86. The van der Waals surface area contributed by atoms with Gasteiger partial charge in [-0.05, 0) is 51.5 Å². The Bertz CT molecular complexity index is 501. The normalized spacial score (nSPS) is 19.3. The second kappa shape index (κ2) is 4.40. The molecule has 1 aromatic heterocycles. The molecule has 4 N–H and O–H groups in total. The average molecular weight is 279 g/mol. The molecule has 2 fully saturated rings. The van der Waals surface area contributed by atoms with Crippen molar-refractivity contribution in [3.63, 3.8) is 0 Å². The Hall–Kier alpha value is -1.23. The van der Waals surface area contributed by atoms with Crippen LogP contribution in [-0.4, -0.2) is 17.5 Å². The number of rotatable bonds is 5. The lowest BCUT2D eigenvalue weighted by molar-refractivity contribution is 0.0956. The van der Waals surface area contributed by atoms with Gasteiger partial charge >= 0.3 is 0 Å². The van der Waals surface area contributed by atoms with Gasteiger partial charge in [0.05, 0.1) is 10.7 Å². The molecule has 0 saturated heterocycles. The van der Waals surface area contributed by atoms with Crippen molar-refractivity contribution in [1.29, 1.82) is 0 Å². The predicted octanol–water partition coefficient (Wildman–Crippen LogP) is 2.82. The average Bonchev–Trinajstić information content (AvgIpc) is 3.18. The van der Waals surface area contributed by atoms with Crippen LogP contribution in [0.4, 0.5) is 10.7 Å². The molecule has 1 aromatic rings. The number of carbonyl (C=O) groups excluding carboxylic acids is 1. The van der Waals surface area contributed by atoms with Gasteiger partial charge in [-0.2, -0.15) is 0 Å². The summed E-state index contributed by atoms with van der Waals surface area (Å²) in [4.78, 5) is 12.7. The maximum absolute atomic E-state index is 12.0. The van der Waals surface area contributed by atoms with Crippen molar-refractivity contribution in [3.05, 3.63) is 10.9 Å². The van der Waals surface area contributed by atoms with Crippen molar-refractivity contribution in [2.75, 3.05) is 11.1 Å². The van der Waals surface area contributed by atoms with Crippen molar-refractivity contribution in [1.82, 2.24) is 5.32 Å². The highest BCUT2D eigenvalue weighted by molar-refractivity contribution is 7.18. The zero-order chi connectivity index (χ0) is 13.6. The standard InChI is InChI=1S/C14H21N3OS/c1-14(2,8-3-4-8)17-11-7-10(15)12(19-11)13(18)16-9-5-6-9/h7-9,17H,3-6,15H2,1-2H3,(H,16,18). The van der Waals surface area contributed by atoms with Crippen molar-refractivity contribution >= 4 is 27.9 Å². The molecule has 2 saturated carbocycles. The summed E-state index contributed by atoms with van der Waals surface area (Å²) in [6.07, 6.45) is 4.76. The van der Waals surface area contributed by atoms with Crippen LogP contribution in [0.15, 0.2) is 6.07 Å². The van der Waals surface area contributed by atoms with Gasteiger partial charge in [-0.3, -0.25) is 4.79 Å². The Morgan fingerprint density at radius 1 is 1.37 bits per heavy atom. The fraction of sp³-hybridized carbons (Fsp3) is 0.643. The third-order valence-electron chi connectivity index (χ3n) is 3.92. The first-order chi connectivity index (χ1) is 8.95. The zero-order valence-electron chi connectivity index (χ0n) is 11.5. The Labute approximate surface area is 117 Å². The largest absolute Gasteiger partial charge is 0.397 e. The summed E-state index contributed by atoms with van der Waals surface area (Å²) in [6.45, 7) is 4.43. The molecule has 5 heteroatoms. The molecule has 104 valence electrons. The number of carbonyl (C=O) groups is 1. The Morgan fingerprint density at radius 3 is 2.63 bits per heavy atom. The molecule has 2 aliphatic carbocycles. The second-order valence-electron chi connectivity index (χ2n) is 6.26. The van der Waals surface area contributed by atoms with E-state index in [4.69, 9.17) is 5.73 Å². The van der Waals surface area contributed by atoms with Crippen LogP contribution in [-0.2, 0) is 0 Å². The van der Waals surface area contributed by atoms with E-state index in [1.54, 1.807) is 0 Å². The van der Waals surface area contributed by atoms with Crippen LogP contribution in [0.25, 0.3) is 0 Å². The van der Waals surface area contributed by atoms with E-state index in [1.807, 2.05) is 6.07 Å². The maximum atomic E-state index is 12.0. The lowest BCUT2D eigenvalue weighted by Gasteiger charge is -2.26. The quantitative estimate of drug-likeness (QED) is 0.776. The first-order valence-electron chi connectivity index (χ1n) is 6.94. The van der Waals surface area contributed by atoms with Gasteiger partial charge < -0.3 is 16.4 Å². The molecule has 0 atom stereocenters. The molecule has 2 aliphatic rings. The molecule has 0 spiro atoms. The molecule has 0 aliphatic heterocycles. The number of nitrogens with two attached hydrogens (primary N) is 1. The number of hydrogen-bond acceptors (Lipinski definition) is 4. The molecule has 0 aromatic carbocycles. The van der Waals surface area contributed by atoms with E-state index in [0.717, 1.165) is 23.8 Å². The minimum Gasteiger partial charge on any atom is -0.397 e. The first kappa shape index (κ1) is 12.8. The lowest BCUT2D eigenvalue weighted by atomic mass is 9.99. The van der Waals surface area contributed by atoms with Gasteiger partial charge in [0.15, 0.2) is 0 Å². The van der Waals surface area contributed by atoms with Crippen molar-refractivity contribution in [3.8, 4) is 0 Å². The highest BCUT2D eigenvalue weighted by Crippen LogP contribution is 2.42. The van der Waals surface area contributed by atoms with Gasteiger partial charge in [-0.1, -0.05) is 0 Å². The fourth-order valence-corrected chi connectivity index (χ4v) is 3.40. The lowest BCUT2D eigenvalue weighted by Crippen LogP contribution is -2.32. The Kier molecular flexibility index (Phi) is 2.96. The number of amides is 1. The van der Waals surface area contributed by atoms with Crippen LogP contribution in [0.3, 0.4) is 0 Å². The highest BCUT2D eigenvalue weighted by atomic mass is 32.1. The summed E-state index contributed by atoms with van der Waals surface area (Å²) in [5.74, 6) is 0.710. The monoisotopic (exact) mass is 279 g/mol. The van der Waals surface area contributed by atoms with E-state index in [1.165, 1.54) is 24.2 Å². The van der Waals surface area contributed by atoms with Crippen LogP contribution in [0.5, 0.6) is 0 Å². The SMILES string of the molecule is CC(C)(Nc1cc(N)c(C(=O)NC2CC2)s1)C1CC1. The summed E-state index contributed by atoms with van der Waals surface area (Å²) in [5, 5.41) is 7.51. The smallest absolute Gasteiger partial charge is 0.263 e. The van der Waals surface area contributed by atoms with Crippen molar-refractivity contribution < 1.29 is 4.79 Å². The summed E-state index contributed by atoms with van der Waals surface area (Å²) in [5.41, 5.74) is 6.62. The molecular weight excluding hydrogens is 258 g/mol. The van der Waals surface area contributed by atoms with E-state index >= 15 is 0 Å². The van der Waals surface area contributed by atoms with Crippen LogP contribution in [0.2, 0.25) is 0 Å². The Morgan fingerprint density at radius 2 is 2.05 bits per heavy atom. The van der Waals surface area contributed by atoms with Gasteiger partial charge in [0, 0.05) is 11.6 Å². The number of anilines is 2. The molecule has 0 unspecified atom stereocenters. The van der Waals surface area contributed by atoms with Crippen molar-refractivity contribution in [2.45, 2.75) is 51.1 Å². The fourth-order valence-electron chi connectivity index (χ4n) is 2.35. The van der Waals surface area contributed by atoms with E-state index in [9.17, 15) is 4.79 Å². The minimum atomic E-state index is -0.0257. The maximum Gasteiger partial charge on any atom is 0.263 e. The Balaban J connectivity index is 1.70. The van der Waals surface area contributed by atoms with Crippen LogP contribution < -0.4 is 16.4 Å². The topological polar surface area (TPSA) is 67.1 Å². The predicted molar refractivity (Wildman–Crippen MR) is 79.6 cm³/mol. The van der Waals surface area contributed by atoms with E-state index in [2.05, 4.69) is 24.5 Å². The van der Waals surface area contributed by atoms with E-state index in [0.29, 0.717) is 16.6 Å². The molecule has 19 heavy (non-hydrogen) atoms. The third-order valence-corrected chi connectivity index (χ3v) is 4.99. The van der Waals surface area contributed by atoms with Gasteiger partial charge in [0.25, 0.3) is 5.91 Å². The molecule has 3 rings (SSSR count). The molecule has 1 amide bonds. The highest BCUT2D eigenvalue weighted by Gasteiger charge is 2.38. The molecule has 4 nitrogen and oxygen atoms in total. The van der Waals surface area contributed by atoms with Crippen LogP contribution >= 0.6 is 11.3 Å². The minimum absolute atomic E-state index is 0.0257. The molecular formula is C14H21N3OS. The molecule has 0 radical (unpaired) electrons. The number of thiophene rings is 1. The van der Waals surface area contributed by atoms with Crippen LogP contribution in [0, 0.1) is 5.92 Å². The van der Waals surface area contributed by atoms with Gasteiger partial charge in [-0.25, -0.2) is 0 Å². The number of nitrogen functional groups attached to an aromatic ring is 1. The summed E-state index contributed by atoms with van der Waals surface area (Å²) < 4.78 is 0. The van der Waals surface area contributed by atoms with E-state index in [-0.39, 0.29) is 11.4 Å². The van der Waals surface area contributed by atoms with Gasteiger partial charge in [0.1, 0.15) is 4.88 Å². The number of nitrogens with one attached hydrogen (secondary N) is 2. The summed E-state index contributed by atoms with van der Waals surface area (Å²) in [7, 11) is 0. The number of hydrogen-bond donors (Lipinski definition) is 3. The van der Waals surface area contributed by atoms with Crippen molar-refractivity contribution in [2.24, 2.45) is 5.92 Å². The van der Waals surface area contributed by atoms with E-state index < -0.39 is 0 Å². The summed E-state index contributed by atoms with van der Waals surface area (Å²) in [6, 6.07) is 2.25. The molecule has 0 bridgehead atoms.